The number of alkyl halides is 1. The molecule has 0 bridgehead atoms. The first-order valence-corrected chi connectivity index (χ1v) is 7.42. The van der Waals surface area contributed by atoms with Crippen LogP contribution in [0.1, 0.15) is 22.0 Å². The fourth-order valence-electron chi connectivity index (χ4n) is 2.79. The highest BCUT2D eigenvalue weighted by atomic mass is 35.5. The Morgan fingerprint density at radius 1 is 1.17 bits per heavy atom. The van der Waals surface area contributed by atoms with Crippen LogP contribution in [0.3, 0.4) is 0 Å². The summed E-state index contributed by atoms with van der Waals surface area (Å²) in [4.78, 5) is 25.1. The average Bonchev–Trinajstić information content (AvgIpc) is 2.58. The molecule has 0 saturated carbocycles. The van der Waals surface area contributed by atoms with Crippen molar-refractivity contribution in [3.05, 3.63) is 59.7 Å². The maximum atomic E-state index is 12.3. The Morgan fingerprint density at radius 2 is 1.83 bits per heavy atom. The molecule has 2 atom stereocenters. The number of carbonyl (C=O) groups excluding carboxylic acids is 1. The van der Waals surface area contributed by atoms with Gasteiger partial charge in [0.25, 0.3) is 0 Å². The molecule has 1 amide bonds. The number of amides is 1. The molecule has 2 aromatic rings. The Kier molecular flexibility index (Phi) is 3.96. The molecule has 1 N–H and O–H groups in total. The Labute approximate surface area is 138 Å². The molecule has 2 aromatic carbocycles. The van der Waals surface area contributed by atoms with Gasteiger partial charge in [-0.3, -0.25) is 4.79 Å². The lowest BCUT2D eigenvalue weighted by atomic mass is 9.90. The van der Waals surface area contributed by atoms with Crippen molar-refractivity contribution in [2.24, 2.45) is 0 Å². The van der Waals surface area contributed by atoms with Crippen LogP contribution in [0.2, 0.25) is 0 Å². The normalized spacial score (nSPS) is 20.1. The van der Waals surface area contributed by atoms with E-state index in [1.54, 1.807) is 24.3 Å². The van der Waals surface area contributed by atoms with Crippen LogP contribution in [-0.2, 0) is 4.79 Å². The maximum Gasteiger partial charge on any atom is 0.337 e. The van der Waals surface area contributed by atoms with Crippen molar-refractivity contribution in [2.75, 3.05) is 12.0 Å². The van der Waals surface area contributed by atoms with Crippen molar-refractivity contribution in [3.63, 3.8) is 0 Å². The average molecular weight is 332 g/mol. The number of carbonyl (C=O) groups is 2. The molecule has 23 heavy (non-hydrogen) atoms. The zero-order valence-corrected chi connectivity index (χ0v) is 13.0. The molecule has 0 spiro atoms. The minimum Gasteiger partial charge on any atom is -0.496 e. The van der Waals surface area contributed by atoms with Crippen LogP contribution in [0, 0.1) is 0 Å². The van der Waals surface area contributed by atoms with Crippen molar-refractivity contribution in [3.8, 4) is 5.75 Å². The van der Waals surface area contributed by atoms with E-state index in [1.165, 1.54) is 18.1 Å². The molecule has 6 heteroatoms. The second kappa shape index (κ2) is 5.93. The molecule has 1 saturated heterocycles. The number of ether oxygens (including phenoxy) is 1. The van der Waals surface area contributed by atoms with Gasteiger partial charge in [0, 0.05) is 5.56 Å². The summed E-state index contributed by atoms with van der Waals surface area (Å²) < 4.78 is 5.33. The topological polar surface area (TPSA) is 66.8 Å². The van der Waals surface area contributed by atoms with Gasteiger partial charge in [-0.15, -0.1) is 11.6 Å². The Bertz CT molecular complexity index is 777. The van der Waals surface area contributed by atoms with E-state index < -0.39 is 17.4 Å². The smallest absolute Gasteiger partial charge is 0.337 e. The standard InChI is InChI=1S/C17H14ClNO4/c1-23-13-9-5-3-7-11(13)15-14(18)16(20)19(15)12-8-4-2-6-10(12)17(21)22/h2-9,14-15H,1H3,(H,21,22). The number of hydrogen-bond donors (Lipinski definition) is 1. The summed E-state index contributed by atoms with van der Waals surface area (Å²) in [5.41, 5.74) is 1.14. The molecule has 1 fully saturated rings. The third-order valence-corrected chi connectivity index (χ3v) is 4.31. The number of rotatable bonds is 4. The molecule has 0 aromatic heterocycles. The highest BCUT2D eigenvalue weighted by Gasteiger charge is 2.49. The number of hydrogen-bond acceptors (Lipinski definition) is 3. The van der Waals surface area contributed by atoms with E-state index in [-0.39, 0.29) is 11.5 Å². The van der Waals surface area contributed by atoms with Gasteiger partial charge in [0.15, 0.2) is 0 Å². The summed E-state index contributed by atoms with van der Waals surface area (Å²) in [6, 6.07) is 13.2. The van der Waals surface area contributed by atoms with Gasteiger partial charge in [-0.1, -0.05) is 30.3 Å². The quantitative estimate of drug-likeness (QED) is 0.690. The van der Waals surface area contributed by atoms with Crippen LogP contribution in [0.4, 0.5) is 5.69 Å². The van der Waals surface area contributed by atoms with Crippen LogP contribution in [0.15, 0.2) is 48.5 Å². The first-order valence-electron chi connectivity index (χ1n) is 6.98. The van der Waals surface area contributed by atoms with Gasteiger partial charge in [-0.2, -0.15) is 0 Å². The van der Waals surface area contributed by atoms with E-state index >= 15 is 0 Å². The van der Waals surface area contributed by atoms with Crippen LogP contribution in [0.5, 0.6) is 5.75 Å². The van der Waals surface area contributed by atoms with Crippen LogP contribution < -0.4 is 9.64 Å². The van der Waals surface area contributed by atoms with Gasteiger partial charge >= 0.3 is 5.97 Å². The zero-order valence-electron chi connectivity index (χ0n) is 12.3. The number of halogens is 1. The minimum atomic E-state index is -1.09. The third kappa shape index (κ3) is 2.43. The third-order valence-electron chi connectivity index (χ3n) is 3.88. The molecule has 1 aliphatic rings. The first-order chi connectivity index (χ1) is 11.1. The van der Waals surface area contributed by atoms with Crippen LogP contribution >= 0.6 is 11.6 Å². The van der Waals surface area contributed by atoms with Crippen LogP contribution in [0.25, 0.3) is 0 Å². The molecule has 5 nitrogen and oxygen atoms in total. The van der Waals surface area contributed by atoms with E-state index in [4.69, 9.17) is 16.3 Å². The summed E-state index contributed by atoms with van der Waals surface area (Å²) in [7, 11) is 1.54. The molecule has 1 aliphatic heterocycles. The lowest BCUT2D eigenvalue weighted by molar-refractivity contribution is -0.123. The fourth-order valence-corrected chi connectivity index (χ4v) is 3.15. The van der Waals surface area contributed by atoms with Gasteiger partial charge in [0.2, 0.25) is 5.91 Å². The largest absolute Gasteiger partial charge is 0.496 e. The molecule has 1 heterocycles. The van der Waals surface area contributed by atoms with Crippen LogP contribution in [-0.4, -0.2) is 29.5 Å². The van der Waals surface area contributed by atoms with E-state index in [0.717, 1.165) is 5.56 Å². The lowest BCUT2D eigenvalue weighted by Gasteiger charge is -2.45. The molecular formula is C17H14ClNO4. The number of anilines is 1. The predicted molar refractivity (Wildman–Crippen MR) is 86.3 cm³/mol. The number of aromatic carboxylic acids is 1. The summed E-state index contributed by atoms with van der Waals surface area (Å²) in [6.45, 7) is 0. The van der Waals surface area contributed by atoms with Gasteiger partial charge in [0.1, 0.15) is 11.1 Å². The number of benzene rings is 2. The first kappa shape index (κ1) is 15.4. The molecule has 0 aliphatic carbocycles. The van der Waals surface area contributed by atoms with Gasteiger partial charge in [0.05, 0.1) is 24.4 Å². The number of nitrogens with zero attached hydrogens (tertiary/aromatic N) is 1. The Hall–Kier alpha value is -2.53. The fraction of sp³-hybridized carbons (Fsp3) is 0.176. The lowest BCUT2D eigenvalue weighted by Crippen LogP contribution is -2.57. The van der Waals surface area contributed by atoms with Gasteiger partial charge < -0.3 is 14.7 Å². The Balaban J connectivity index is 2.09. The zero-order chi connectivity index (χ0) is 16.6. The summed E-state index contributed by atoms with van der Waals surface area (Å²) in [5.74, 6) is -0.810. The number of carboxylic acids is 1. The van der Waals surface area contributed by atoms with E-state index in [9.17, 15) is 14.7 Å². The number of carboxylic acid groups (broad SMARTS) is 1. The van der Waals surface area contributed by atoms with Crippen molar-refractivity contribution in [1.82, 2.24) is 0 Å². The molecule has 0 radical (unpaired) electrons. The Morgan fingerprint density at radius 3 is 2.52 bits per heavy atom. The van der Waals surface area contributed by atoms with Gasteiger partial charge in [-0.25, -0.2) is 4.79 Å². The summed E-state index contributed by atoms with van der Waals surface area (Å²) in [6.07, 6.45) is 0. The highest BCUT2D eigenvalue weighted by molar-refractivity contribution is 6.37. The van der Waals surface area contributed by atoms with Crippen molar-refractivity contribution < 1.29 is 19.4 Å². The van der Waals surface area contributed by atoms with Crippen molar-refractivity contribution >= 4 is 29.2 Å². The number of methoxy groups -OCH3 is 1. The number of para-hydroxylation sites is 2. The number of β-lactam (4-membered cyclic amide) rings is 1. The molecule has 2 unspecified atom stereocenters. The summed E-state index contributed by atoms with van der Waals surface area (Å²) in [5, 5.41) is 8.59. The highest BCUT2D eigenvalue weighted by Crippen LogP contribution is 2.45. The summed E-state index contributed by atoms with van der Waals surface area (Å²) >= 11 is 6.21. The monoisotopic (exact) mass is 331 g/mol. The van der Waals surface area contributed by atoms with Crippen molar-refractivity contribution in [2.45, 2.75) is 11.4 Å². The maximum absolute atomic E-state index is 12.3. The SMILES string of the molecule is COc1ccccc1C1C(Cl)C(=O)N1c1ccccc1C(=O)O. The predicted octanol–water partition coefficient (Wildman–Crippen LogP) is 3.09. The second-order valence-electron chi connectivity index (χ2n) is 5.12. The molecular weight excluding hydrogens is 318 g/mol. The van der Waals surface area contributed by atoms with E-state index in [2.05, 4.69) is 0 Å². The minimum absolute atomic E-state index is 0.0596. The van der Waals surface area contributed by atoms with Crippen molar-refractivity contribution in [1.29, 1.82) is 0 Å². The molecule has 3 rings (SSSR count). The molecule has 118 valence electrons. The van der Waals surface area contributed by atoms with E-state index in [0.29, 0.717) is 11.4 Å². The van der Waals surface area contributed by atoms with E-state index in [1.807, 2.05) is 18.2 Å². The second-order valence-corrected chi connectivity index (χ2v) is 5.59. The van der Waals surface area contributed by atoms with Gasteiger partial charge in [-0.05, 0) is 18.2 Å².